The Kier molecular flexibility index (Phi) is 4.44. The first-order valence-electron chi connectivity index (χ1n) is 8.77. The Labute approximate surface area is 173 Å². The minimum atomic E-state index is -0.301. The fourth-order valence-electron chi connectivity index (χ4n) is 3.20. The normalized spacial score (nSPS) is 11.6. The summed E-state index contributed by atoms with van der Waals surface area (Å²) in [6.45, 7) is 4.07. The molecular weight excluding hydrogens is 409 g/mol. The monoisotopic (exact) mass is 423 g/mol. The molecule has 0 saturated heterocycles. The summed E-state index contributed by atoms with van der Waals surface area (Å²) in [6.07, 6.45) is 1.58. The van der Waals surface area contributed by atoms with Crippen LogP contribution in [-0.4, -0.2) is 35.2 Å². The number of rotatable bonds is 4. The Hall–Kier alpha value is -2.98. The van der Waals surface area contributed by atoms with Gasteiger partial charge in [0.05, 0.1) is 21.7 Å². The second kappa shape index (κ2) is 7.12. The van der Waals surface area contributed by atoms with E-state index in [1.807, 2.05) is 6.92 Å². The largest absolute Gasteiger partial charge is 0.242 e. The van der Waals surface area contributed by atoms with Crippen LogP contribution in [0.25, 0.3) is 26.1 Å². The van der Waals surface area contributed by atoms with E-state index in [1.54, 1.807) is 34.5 Å². The summed E-state index contributed by atoms with van der Waals surface area (Å²) < 4.78 is 15.8. The molecule has 0 spiro atoms. The minimum Gasteiger partial charge on any atom is -0.242 e. The Bertz CT molecular complexity index is 1340. The number of thioether (sulfide) groups is 1. The van der Waals surface area contributed by atoms with Crippen molar-refractivity contribution in [2.24, 2.45) is 0 Å². The van der Waals surface area contributed by atoms with Crippen molar-refractivity contribution in [3.8, 4) is 5.69 Å². The van der Waals surface area contributed by atoms with E-state index in [0.29, 0.717) is 17.3 Å². The number of aromatic nitrogens is 7. The molecule has 0 N–H and O–H groups in total. The van der Waals surface area contributed by atoms with E-state index in [0.717, 1.165) is 36.7 Å². The third-order valence-corrected chi connectivity index (χ3v) is 6.66. The van der Waals surface area contributed by atoms with Crippen LogP contribution >= 0.6 is 23.1 Å². The molecule has 7 nitrogen and oxygen atoms in total. The fraction of sp³-hybridized carbons (Fsp3) is 0.158. The molecule has 5 rings (SSSR count). The molecule has 0 bridgehead atoms. The Balaban J connectivity index is 1.50. The SMILES string of the molecule is Cc1cc(C)c2c(n1)sc1c(SCc3nnnn3-c3ccc(F)cc3)ncnc12. The van der Waals surface area contributed by atoms with Crippen molar-refractivity contribution in [3.05, 3.63) is 59.6 Å². The van der Waals surface area contributed by atoms with E-state index in [4.69, 9.17) is 0 Å². The molecule has 10 heteroatoms. The number of thiophene rings is 1. The number of hydrogen-bond acceptors (Lipinski definition) is 8. The van der Waals surface area contributed by atoms with Gasteiger partial charge in [0.25, 0.3) is 0 Å². The Morgan fingerprint density at radius 3 is 2.79 bits per heavy atom. The van der Waals surface area contributed by atoms with Gasteiger partial charge in [-0.1, -0.05) is 11.8 Å². The van der Waals surface area contributed by atoms with Gasteiger partial charge < -0.3 is 0 Å². The number of benzene rings is 1. The van der Waals surface area contributed by atoms with Crippen LogP contribution in [0.5, 0.6) is 0 Å². The molecule has 144 valence electrons. The summed E-state index contributed by atoms with van der Waals surface area (Å²) in [5, 5.41) is 13.9. The van der Waals surface area contributed by atoms with Crippen molar-refractivity contribution >= 4 is 43.5 Å². The Morgan fingerprint density at radius 1 is 1.14 bits per heavy atom. The van der Waals surface area contributed by atoms with Gasteiger partial charge in [0.15, 0.2) is 5.82 Å². The van der Waals surface area contributed by atoms with Crippen LogP contribution in [0, 0.1) is 19.7 Å². The third kappa shape index (κ3) is 3.23. The maximum absolute atomic E-state index is 13.2. The molecule has 1 aromatic carbocycles. The predicted molar refractivity (Wildman–Crippen MR) is 111 cm³/mol. The molecular formula is C19H14FN7S2. The number of fused-ring (bicyclic) bond motifs is 3. The lowest BCUT2D eigenvalue weighted by Crippen LogP contribution is -2.02. The topological polar surface area (TPSA) is 82.3 Å². The molecule has 29 heavy (non-hydrogen) atoms. The van der Waals surface area contributed by atoms with Gasteiger partial charge >= 0.3 is 0 Å². The molecule has 0 saturated carbocycles. The zero-order valence-corrected chi connectivity index (χ0v) is 17.1. The predicted octanol–water partition coefficient (Wildman–Crippen LogP) is 4.26. The maximum Gasteiger partial charge on any atom is 0.166 e. The number of halogens is 1. The van der Waals surface area contributed by atoms with Crippen molar-refractivity contribution in [2.75, 3.05) is 0 Å². The molecule has 0 radical (unpaired) electrons. The molecule has 0 aliphatic rings. The summed E-state index contributed by atoms with van der Waals surface area (Å²) >= 11 is 3.14. The zero-order chi connectivity index (χ0) is 20.0. The van der Waals surface area contributed by atoms with Crippen molar-refractivity contribution in [3.63, 3.8) is 0 Å². The molecule has 4 heterocycles. The lowest BCUT2D eigenvalue weighted by Gasteiger charge is -2.04. The number of aryl methyl sites for hydroxylation is 2. The standard InChI is InChI=1S/C19H14FN7S2/c1-10-7-11(2)23-18-15(10)16-17(29-18)19(22-9-21-16)28-8-14-24-25-26-27(14)13-5-3-12(20)4-6-13/h3-7,9H,8H2,1-2H3. The first-order valence-corrected chi connectivity index (χ1v) is 10.6. The van der Waals surface area contributed by atoms with Crippen LogP contribution < -0.4 is 0 Å². The average Bonchev–Trinajstić information content (AvgIpc) is 3.31. The van der Waals surface area contributed by atoms with E-state index in [1.165, 1.54) is 23.9 Å². The van der Waals surface area contributed by atoms with E-state index >= 15 is 0 Å². The quantitative estimate of drug-likeness (QED) is 0.315. The van der Waals surface area contributed by atoms with E-state index in [9.17, 15) is 4.39 Å². The van der Waals surface area contributed by atoms with Crippen LogP contribution in [0.3, 0.4) is 0 Å². The van der Waals surface area contributed by atoms with Gasteiger partial charge in [0.1, 0.15) is 22.0 Å². The van der Waals surface area contributed by atoms with Crippen molar-refractivity contribution in [1.29, 1.82) is 0 Å². The molecule has 0 amide bonds. The van der Waals surface area contributed by atoms with Crippen LogP contribution in [0.1, 0.15) is 17.1 Å². The van der Waals surface area contributed by atoms with Gasteiger partial charge in [-0.25, -0.2) is 19.3 Å². The highest BCUT2D eigenvalue weighted by Crippen LogP contribution is 2.38. The minimum absolute atomic E-state index is 0.301. The summed E-state index contributed by atoms with van der Waals surface area (Å²) in [5.41, 5.74) is 3.78. The van der Waals surface area contributed by atoms with E-state index in [2.05, 4.69) is 43.5 Å². The van der Waals surface area contributed by atoms with Gasteiger partial charge in [-0.15, -0.1) is 16.4 Å². The highest BCUT2D eigenvalue weighted by atomic mass is 32.2. The van der Waals surface area contributed by atoms with Gasteiger partial charge in [0, 0.05) is 11.1 Å². The summed E-state index contributed by atoms with van der Waals surface area (Å²) in [4.78, 5) is 14.6. The maximum atomic E-state index is 13.2. The Morgan fingerprint density at radius 2 is 1.97 bits per heavy atom. The van der Waals surface area contributed by atoms with Crippen molar-refractivity contribution < 1.29 is 4.39 Å². The zero-order valence-electron chi connectivity index (χ0n) is 15.5. The van der Waals surface area contributed by atoms with Crippen molar-refractivity contribution in [2.45, 2.75) is 24.6 Å². The number of hydrogen-bond donors (Lipinski definition) is 0. The molecule has 0 atom stereocenters. The summed E-state index contributed by atoms with van der Waals surface area (Å²) in [7, 11) is 0. The van der Waals surface area contributed by atoms with Crippen molar-refractivity contribution in [1.82, 2.24) is 35.2 Å². The van der Waals surface area contributed by atoms with Gasteiger partial charge in [-0.2, -0.15) is 4.68 Å². The van der Waals surface area contributed by atoms with Crippen LogP contribution in [0.2, 0.25) is 0 Å². The lowest BCUT2D eigenvalue weighted by molar-refractivity contribution is 0.626. The molecule has 0 aliphatic heterocycles. The van der Waals surface area contributed by atoms with Crippen LogP contribution in [0.4, 0.5) is 4.39 Å². The van der Waals surface area contributed by atoms with Gasteiger partial charge in [0.2, 0.25) is 0 Å². The molecule has 0 fully saturated rings. The summed E-state index contributed by atoms with van der Waals surface area (Å²) in [6, 6.07) is 8.13. The first-order chi connectivity index (χ1) is 14.1. The van der Waals surface area contributed by atoms with Gasteiger partial charge in [-0.05, 0) is 60.2 Å². The van der Waals surface area contributed by atoms with Crippen LogP contribution in [-0.2, 0) is 5.75 Å². The van der Waals surface area contributed by atoms with E-state index in [-0.39, 0.29) is 5.82 Å². The number of tetrazole rings is 1. The molecule has 0 unspecified atom stereocenters. The second-order valence-electron chi connectivity index (χ2n) is 6.49. The fourth-order valence-corrected chi connectivity index (χ4v) is 5.43. The first kappa shape index (κ1) is 18.1. The second-order valence-corrected chi connectivity index (χ2v) is 8.45. The van der Waals surface area contributed by atoms with E-state index < -0.39 is 0 Å². The molecule has 5 aromatic rings. The number of pyridine rings is 1. The highest BCUT2D eigenvalue weighted by molar-refractivity contribution is 7.98. The number of nitrogens with zero attached hydrogens (tertiary/aromatic N) is 7. The third-order valence-electron chi connectivity index (χ3n) is 4.46. The average molecular weight is 424 g/mol. The smallest absolute Gasteiger partial charge is 0.166 e. The molecule has 0 aliphatic carbocycles. The lowest BCUT2D eigenvalue weighted by atomic mass is 10.1. The summed E-state index contributed by atoms with van der Waals surface area (Å²) in [5.74, 6) is 0.862. The van der Waals surface area contributed by atoms with Crippen LogP contribution in [0.15, 0.2) is 41.7 Å². The molecule has 4 aromatic heterocycles. The highest BCUT2D eigenvalue weighted by Gasteiger charge is 2.16. The van der Waals surface area contributed by atoms with Gasteiger partial charge in [-0.3, -0.25) is 0 Å².